The molecule has 12 atom stereocenters. The molecule has 0 bridgehead atoms. The zero-order valence-corrected chi connectivity index (χ0v) is 55.3. The second kappa shape index (κ2) is 41.1. The summed E-state index contributed by atoms with van der Waals surface area (Å²) in [5.74, 6) is -6.49. The Bertz CT molecular complexity index is 3170. The van der Waals surface area contributed by atoms with E-state index < -0.39 is 169 Å². The second-order valence-electron chi connectivity index (χ2n) is 23.1. The number of hydrogen-bond donors (Lipinski definition) is 5. The molecule has 0 unspecified atom stereocenters. The number of anilines is 3. The number of halogens is 6. The first-order valence-electron chi connectivity index (χ1n) is 30.4. The van der Waals surface area contributed by atoms with Crippen molar-refractivity contribution in [1.82, 2.24) is 28.7 Å². The molecular formula is C62H101Cl3F3N9O19. The van der Waals surface area contributed by atoms with Crippen LogP contribution in [0.1, 0.15) is 148 Å². The number of carbonyl (C=O) groups excluding carboxylic acids is 6. The minimum absolute atomic E-state index is 0. The molecule has 3 aromatic heterocycles. The van der Waals surface area contributed by atoms with E-state index in [0.29, 0.717) is 6.54 Å². The maximum absolute atomic E-state index is 15.6. The maximum Gasteiger partial charge on any atom is 0.351 e. The molecule has 6 N–H and O–H groups in total. The largest absolute Gasteiger partial charge is 0.462 e. The van der Waals surface area contributed by atoms with E-state index in [2.05, 4.69) is 30.3 Å². The number of nitrogens with zero attached hydrogens (tertiary/aromatic N) is 6. The zero-order valence-electron chi connectivity index (χ0n) is 55.1. The summed E-state index contributed by atoms with van der Waals surface area (Å²) in [6.07, 6.45) is -11.3. The number of hydrogen-bond acceptors (Lipinski definition) is 25. The van der Waals surface area contributed by atoms with Gasteiger partial charge in [-0.2, -0.15) is 15.0 Å². The van der Waals surface area contributed by atoms with E-state index in [-0.39, 0.29) is 97.0 Å². The quantitative estimate of drug-likeness (QED) is 0.0265. The topological polar surface area (TPSA) is 371 Å². The van der Waals surface area contributed by atoms with Crippen molar-refractivity contribution in [2.24, 2.45) is 35.5 Å². The molecule has 3 aromatic rings. The Hall–Kier alpha value is -6.48. The number of nitrogen functional groups attached to an aromatic ring is 1. The van der Waals surface area contributed by atoms with Crippen molar-refractivity contribution in [2.75, 3.05) is 66.9 Å². The number of esters is 6. The van der Waals surface area contributed by atoms with Gasteiger partial charge < -0.3 is 64.5 Å². The molecule has 0 saturated carbocycles. The molecule has 3 aliphatic rings. The number of alkyl halides is 6. The number of aromatic nitrogens is 6. The molecular weight excluding hydrogens is 1340 g/mol. The maximum atomic E-state index is 15.6. The van der Waals surface area contributed by atoms with E-state index in [1.54, 1.807) is 83.1 Å². The lowest BCUT2D eigenvalue weighted by Crippen LogP contribution is -2.51. The minimum Gasteiger partial charge on any atom is -0.462 e. The lowest BCUT2D eigenvalue weighted by molar-refractivity contribution is -0.178. The summed E-state index contributed by atoms with van der Waals surface area (Å²) in [6, 6.07) is 4.16. The van der Waals surface area contributed by atoms with E-state index in [0.717, 1.165) is 13.7 Å². The number of ether oxygens (including phenoxy) is 8. The molecule has 0 aromatic carbocycles. The van der Waals surface area contributed by atoms with Crippen molar-refractivity contribution in [3.05, 3.63) is 68.2 Å². The molecule has 3 fully saturated rings. The first kappa shape index (κ1) is 87.5. The predicted molar refractivity (Wildman–Crippen MR) is 355 cm³/mol. The molecule has 3 saturated heterocycles. The number of carbonyl (C=O) groups is 6. The molecule has 96 heavy (non-hydrogen) atoms. The molecule has 0 spiro atoms. The highest BCUT2D eigenvalue weighted by Crippen LogP contribution is 2.44. The Kier molecular flexibility index (Phi) is 37.4. The number of nitrogens with one attached hydrogen (secondary N) is 2. The predicted octanol–water partition coefficient (Wildman–Crippen LogP) is 7.51. The van der Waals surface area contributed by atoms with Crippen molar-refractivity contribution in [2.45, 2.75) is 199 Å². The summed E-state index contributed by atoms with van der Waals surface area (Å²) >= 11 is 17.8. The van der Waals surface area contributed by atoms with Gasteiger partial charge in [0.05, 0.1) is 59.8 Å². The summed E-state index contributed by atoms with van der Waals surface area (Å²) in [7, 11) is 0. The van der Waals surface area contributed by atoms with Gasteiger partial charge in [-0.05, 0) is 32.0 Å². The molecule has 0 amide bonds. The van der Waals surface area contributed by atoms with Crippen LogP contribution in [0, 0.1) is 35.5 Å². The van der Waals surface area contributed by atoms with Crippen molar-refractivity contribution < 1.29 is 92.8 Å². The van der Waals surface area contributed by atoms with Gasteiger partial charge in [0.1, 0.15) is 42.4 Å². The average molecular weight is 1440 g/mol. The highest BCUT2D eigenvalue weighted by atomic mass is 35.5. The Morgan fingerprint density at radius 2 is 0.865 bits per heavy atom. The van der Waals surface area contributed by atoms with Crippen molar-refractivity contribution in [1.29, 1.82) is 0 Å². The van der Waals surface area contributed by atoms with E-state index in [9.17, 15) is 57.8 Å². The Morgan fingerprint density at radius 1 is 0.552 bits per heavy atom. The van der Waals surface area contributed by atoms with Crippen LogP contribution < -0.4 is 33.4 Å². The molecule has 3 aliphatic heterocycles. The number of nitrogens with two attached hydrogens (primary N) is 1. The van der Waals surface area contributed by atoms with Gasteiger partial charge in [0.15, 0.2) is 60.6 Å². The first-order chi connectivity index (χ1) is 44.0. The van der Waals surface area contributed by atoms with Crippen molar-refractivity contribution in [3.63, 3.8) is 0 Å². The van der Waals surface area contributed by atoms with Gasteiger partial charge in [-0.15, -0.1) is 34.8 Å². The monoisotopic (exact) mass is 1440 g/mol. The molecule has 6 rings (SSSR count). The van der Waals surface area contributed by atoms with E-state index in [4.69, 9.17) is 76.4 Å². The molecule has 6 heterocycles. The average Bonchev–Trinajstić information content (AvgIpc) is 1.62. The van der Waals surface area contributed by atoms with Crippen LogP contribution in [0.2, 0.25) is 0 Å². The highest BCUT2D eigenvalue weighted by molar-refractivity contribution is 6.19. The van der Waals surface area contributed by atoms with Crippen LogP contribution in [-0.4, -0.2) is 179 Å². The summed E-state index contributed by atoms with van der Waals surface area (Å²) < 4.78 is 105. The molecule has 28 nitrogen and oxygen atoms in total. The number of aliphatic hydroxyl groups is 2. The standard InChI is InChI=1S/C20H29ClFN3O6.C18H25ClFN3O6.C12H17ClFN3O4.C8H14O3.4CH4/c1-6-23-13-7-8-25(19(28)24-13)16-14(22)15(30-18(27)12(4)5)20(9-21,31-16)10-29-17(26)11(2)3;1-9(2)15(24)27-8-18(7-19)13(28-16(25)10(3)4)12(20)14(29-18)23-6-5-11(21)22-17(23)26;1-2-15-7-3-4-17(11(20)16-7)10-8(14)9(19)12(5-13,6-18)21-10;1-5(2)7(9)11-8(10)6(3)4;;;;/h7-8,11-12,14-16H,6,9-10H2,1-5H3,(H,23,24,28);5-6,9-10,12-14H,7-8H2,1-4H3,(H2,21,22,26);3-4,8-10,18-19H,2,5-6H2,1H3,(H,15,16,20);5-6H,1-4H3;4*1H4/t14-,15+,16-,20-;12-,13+,14-,18-;8-,9+,10-,12-;;;;;/m111...../s1/i1T;;1T;;;;;. The zero-order chi connectivity index (χ0) is 71.3. The van der Waals surface area contributed by atoms with Crippen LogP contribution in [0.3, 0.4) is 0 Å². The first-order valence-corrected chi connectivity index (χ1v) is 30.6. The van der Waals surface area contributed by atoms with Crippen molar-refractivity contribution >= 4 is 88.1 Å². The fraction of sp³-hybridized carbons (Fsp3) is 0.710. The SMILES string of the molecule is C.C.C.C.CC(C)C(=O)OC(=O)C(C)C.CC(C)C(=O)OC[C@@]1(CCl)O[C@@H](n2ccc(N)nc2=O)[C@H](F)[C@@H]1OC(=O)C(C)C.[3H]CCNc1ccn([C@@H]2O[C@@](CO)(CCl)[C@@H](O)[C@H]2F)c(=O)n1.[3H]CCNc1ccn([C@@H]2O[C@](CCl)(COC(=O)C(C)C)[C@@H](OC(=O)C(C)C)[C@H]2F)c(=O)n1. The van der Waals surface area contributed by atoms with E-state index >= 15 is 8.78 Å². The van der Waals surface area contributed by atoms with Crippen molar-refractivity contribution in [3.8, 4) is 0 Å². The summed E-state index contributed by atoms with van der Waals surface area (Å²) in [6.45, 7) is 18.8. The van der Waals surface area contributed by atoms with Gasteiger partial charge in [0.2, 0.25) is 0 Å². The van der Waals surface area contributed by atoms with Gasteiger partial charge in [-0.1, -0.05) is 113 Å². The van der Waals surface area contributed by atoms with Gasteiger partial charge in [-0.3, -0.25) is 42.5 Å². The molecule has 34 heteroatoms. The minimum atomic E-state index is -1.99. The normalized spacial score (nSPS) is 24.9. The van der Waals surface area contributed by atoms with Gasteiger partial charge in [-0.25, -0.2) is 27.6 Å². The van der Waals surface area contributed by atoms with E-state index in [1.165, 1.54) is 36.8 Å². The Balaban J connectivity index is 0. The summed E-state index contributed by atoms with van der Waals surface area (Å²) in [5, 5.41) is 24.7. The van der Waals surface area contributed by atoms with Crippen LogP contribution in [-0.2, 0) is 66.7 Å². The third-order valence-corrected chi connectivity index (χ3v) is 15.0. The number of aliphatic hydroxyl groups excluding tert-OH is 2. The number of rotatable bonds is 23. The van der Waals surface area contributed by atoms with Gasteiger partial charge in [0.25, 0.3) is 0 Å². The van der Waals surface area contributed by atoms with Gasteiger partial charge >= 0.3 is 52.9 Å². The third-order valence-electron chi connectivity index (χ3n) is 13.7. The van der Waals surface area contributed by atoms with Gasteiger partial charge in [0, 0.05) is 34.4 Å². The smallest absolute Gasteiger partial charge is 0.351 e. The van der Waals surface area contributed by atoms with Crippen LogP contribution in [0.25, 0.3) is 0 Å². The Morgan fingerprint density at radius 3 is 1.15 bits per heavy atom. The molecule has 0 radical (unpaired) electrons. The summed E-state index contributed by atoms with van der Waals surface area (Å²) in [5.41, 5.74) is -2.03. The fourth-order valence-electron chi connectivity index (χ4n) is 8.09. The second-order valence-corrected chi connectivity index (χ2v) is 23.9. The molecule has 0 aliphatic carbocycles. The highest BCUT2D eigenvalue weighted by Gasteiger charge is 2.61. The van der Waals surface area contributed by atoms with Crippen LogP contribution in [0.15, 0.2) is 51.2 Å². The fourth-order valence-corrected chi connectivity index (χ4v) is 8.98. The molecule has 550 valence electrons. The Labute approximate surface area is 576 Å². The van der Waals surface area contributed by atoms with Crippen LogP contribution >= 0.6 is 34.8 Å². The summed E-state index contributed by atoms with van der Waals surface area (Å²) in [4.78, 5) is 118. The lowest BCUT2D eigenvalue weighted by atomic mass is 9.98. The van der Waals surface area contributed by atoms with Crippen LogP contribution in [0.4, 0.5) is 30.6 Å². The van der Waals surface area contributed by atoms with E-state index in [1.807, 2.05) is 0 Å². The van der Waals surface area contributed by atoms with Crippen LogP contribution in [0.5, 0.6) is 0 Å². The lowest BCUT2D eigenvalue weighted by Gasteiger charge is -2.32. The third kappa shape index (κ3) is 23.3.